The van der Waals surface area contributed by atoms with Gasteiger partial charge in [0.2, 0.25) is 5.91 Å². The van der Waals surface area contributed by atoms with E-state index in [1.165, 1.54) is 0 Å². The molecule has 0 saturated carbocycles. The largest absolute Gasteiger partial charge is 0.387 e. The molecule has 1 aliphatic rings. The van der Waals surface area contributed by atoms with Gasteiger partial charge in [-0.25, -0.2) is 0 Å². The quantitative estimate of drug-likeness (QED) is 0.678. The van der Waals surface area contributed by atoms with Crippen LogP contribution in [0.3, 0.4) is 0 Å². The molecule has 1 N–H and O–H groups in total. The second-order valence-electron chi connectivity index (χ2n) is 4.18. The van der Waals surface area contributed by atoms with Gasteiger partial charge in [0.15, 0.2) is 0 Å². The van der Waals surface area contributed by atoms with E-state index in [0.717, 1.165) is 19.6 Å². The summed E-state index contributed by atoms with van der Waals surface area (Å²) in [5, 5.41) is 8.74. The molecule has 0 radical (unpaired) electrons. The first-order valence-corrected chi connectivity index (χ1v) is 5.20. The van der Waals surface area contributed by atoms with Gasteiger partial charge in [-0.05, 0) is 20.8 Å². The van der Waals surface area contributed by atoms with Gasteiger partial charge < -0.3 is 10.0 Å². The molecule has 0 aromatic heterocycles. The first-order chi connectivity index (χ1) is 6.56. The molecule has 4 heteroatoms. The van der Waals surface area contributed by atoms with Crippen LogP contribution < -0.4 is 0 Å². The Bertz CT molecular complexity index is 206. The molecule has 1 rings (SSSR count). The highest BCUT2D eigenvalue weighted by atomic mass is 16.3. The Labute approximate surface area is 85.5 Å². The third-order valence-electron chi connectivity index (χ3n) is 2.83. The minimum Gasteiger partial charge on any atom is -0.387 e. The average Bonchev–Trinajstić information content (AvgIpc) is 2.15. The van der Waals surface area contributed by atoms with Gasteiger partial charge in [-0.1, -0.05) is 0 Å². The Kier molecular flexibility index (Phi) is 3.89. The molecule has 1 amide bonds. The standard InChI is InChI=1S/C10H20N2O2/c1-8(2)12-5-4-11(6-9(12)3)10(14)7-13/h8-9,13H,4-7H2,1-3H3/t9-/m1/s1. The van der Waals surface area contributed by atoms with Crippen molar-refractivity contribution in [1.82, 2.24) is 9.80 Å². The van der Waals surface area contributed by atoms with Crippen molar-refractivity contribution in [3.63, 3.8) is 0 Å². The van der Waals surface area contributed by atoms with Crippen LogP contribution in [-0.2, 0) is 4.79 Å². The normalized spacial score (nSPS) is 24.4. The number of carbonyl (C=O) groups is 1. The lowest BCUT2D eigenvalue weighted by molar-refractivity contribution is -0.137. The van der Waals surface area contributed by atoms with E-state index in [1.54, 1.807) is 4.90 Å². The van der Waals surface area contributed by atoms with E-state index in [1.807, 2.05) is 0 Å². The Morgan fingerprint density at radius 2 is 2.14 bits per heavy atom. The minimum absolute atomic E-state index is 0.153. The van der Waals surface area contributed by atoms with Crippen LogP contribution in [0, 0.1) is 0 Å². The van der Waals surface area contributed by atoms with Crippen molar-refractivity contribution >= 4 is 5.91 Å². The second kappa shape index (κ2) is 4.75. The first kappa shape index (κ1) is 11.5. The van der Waals surface area contributed by atoms with E-state index >= 15 is 0 Å². The van der Waals surface area contributed by atoms with Crippen LogP contribution in [0.4, 0.5) is 0 Å². The lowest BCUT2D eigenvalue weighted by Gasteiger charge is -2.41. The van der Waals surface area contributed by atoms with Gasteiger partial charge in [0.1, 0.15) is 6.61 Å². The molecule has 14 heavy (non-hydrogen) atoms. The highest BCUT2D eigenvalue weighted by molar-refractivity contribution is 5.77. The number of hydrogen-bond donors (Lipinski definition) is 1. The summed E-state index contributed by atoms with van der Waals surface area (Å²) in [5.74, 6) is -0.153. The number of carbonyl (C=O) groups excluding carboxylic acids is 1. The van der Waals surface area contributed by atoms with Crippen molar-refractivity contribution < 1.29 is 9.90 Å². The van der Waals surface area contributed by atoms with E-state index in [9.17, 15) is 4.79 Å². The van der Waals surface area contributed by atoms with Crippen molar-refractivity contribution in [2.24, 2.45) is 0 Å². The average molecular weight is 200 g/mol. The third kappa shape index (κ3) is 2.45. The fourth-order valence-electron chi connectivity index (χ4n) is 2.07. The number of amides is 1. The van der Waals surface area contributed by atoms with Crippen LogP contribution >= 0.6 is 0 Å². The zero-order valence-corrected chi connectivity index (χ0v) is 9.23. The summed E-state index contributed by atoms with van der Waals surface area (Å²) in [6.45, 7) is 8.47. The van der Waals surface area contributed by atoms with Gasteiger partial charge in [-0.3, -0.25) is 9.69 Å². The van der Waals surface area contributed by atoms with Gasteiger partial charge in [-0.15, -0.1) is 0 Å². The van der Waals surface area contributed by atoms with E-state index in [2.05, 4.69) is 25.7 Å². The number of nitrogens with zero attached hydrogens (tertiary/aromatic N) is 2. The van der Waals surface area contributed by atoms with Crippen LogP contribution in [0.15, 0.2) is 0 Å². The Morgan fingerprint density at radius 3 is 2.57 bits per heavy atom. The molecule has 0 spiro atoms. The minimum atomic E-state index is -0.367. The van der Waals surface area contributed by atoms with Crippen LogP contribution in [0.1, 0.15) is 20.8 Å². The summed E-state index contributed by atoms with van der Waals surface area (Å²) in [5.41, 5.74) is 0. The van der Waals surface area contributed by atoms with Crippen LogP contribution in [0.2, 0.25) is 0 Å². The molecule has 4 nitrogen and oxygen atoms in total. The van der Waals surface area contributed by atoms with Gasteiger partial charge >= 0.3 is 0 Å². The predicted molar refractivity (Wildman–Crippen MR) is 55.0 cm³/mol. The maximum atomic E-state index is 11.2. The van der Waals surface area contributed by atoms with Crippen molar-refractivity contribution in [1.29, 1.82) is 0 Å². The fourth-order valence-corrected chi connectivity index (χ4v) is 2.07. The number of piperazine rings is 1. The fraction of sp³-hybridized carbons (Fsp3) is 0.900. The summed E-state index contributed by atoms with van der Waals surface area (Å²) in [6, 6.07) is 0.913. The highest BCUT2D eigenvalue weighted by Gasteiger charge is 2.27. The molecule has 1 fully saturated rings. The van der Waals surface area contributed by atoms with Crippen molar-refractivity contribution in [3.8, 4) is 0 Å². The number of aliphatic hydroxyl groups excluding tert-OH is 1. The first-order valence-electron chi connectivity index (χ1n) is 5.20. The van der Waals surface area contributed by atoms with Gasteiger partial charge in [-0.2, -0.15) is 0 Å². The maximum absolute atomic E-state index is 11.2. The molecule has 0 aromatic rings. The van der Waals surface area contributed by atoms with Crippen molar-refractivity contribution in [2.45, 2.75) is 32.9 Å². The number of aliphatic hydroxyl groups is 1. The zero-order chi connectivity index (χ0) is 10.7. The van der Waals surface area contributed by atoms with E-state index < -0.39 is 0 Å². The summed E-state index contributed by atoms with van der Waals surface area (Å²) in [6.07, 6.45) is 0. The molecule has 1 aliphatic heterocycles. The topological polar surface area (TPSA) is 43.8 Å². The van der Waals surface area contributed by atoms with Crippen molar-refractivity contribution in [2.75, 3.05) is 26.2 Å². The summed E-state index contributed by atoms with van der Waals surface area (Å²) >= 11 is 0. The maximum Gasteiger partial charge on any atom is 0.248 e. The molecule has 0 aromatic carbocycles. The number of rotatable bonds is 2. The molecule has 1 saturated heterocycles. The smallest absolute Gasteiger partial charge is 0.248 e. The van der Waals surface area contributed by atoms with Crippen LogP contribution in [0.5, 0.6) is 0 Å². The lowest BCUT2D eigenvalue weighted by atomic mass is 10.1. The summed E-state index contributed by atoms with van der Waals surface area (Å²) < 4.78 is 0. The van der Waals surface area contributed by atoms with Gasteiger partial charge in [0.25, 0.3) is 0 Å². The highest BCUT2D eigenvalue weighted by Crippen LogP contribution is 2.12. The van der Waals surface area contributed by atoms with E-state index in [4.69, 9.17) is 5.11 Å². The Balaban J connectivity index is 2.50. The molecule has 0 aliphatic carbocycles. The summed E-state index contributed by atoms with van der Waals surface area (Å²) in [4.78, 5) is 15.4. The Morgan fingerprint density at radius 1 is 1.50 bits per heavy atom. The molecule has 0 unspecified atom stereocenters. The second-order valence-corrected chi connectivity index (χ2v) is 4.18. The molecule has 1 heterocycles. The third-order valence-corrected chi connectivity index (χ3v) is 2.83. The zero-order valence-electron chi connectivity index (χ0n) is 9.23. The number of hydrogen-bond acceptors (Lipinski definition) is 3. The van der Waals surface area contributed by atoms with E-state index in [-0.39, 0.29) is 12.5 Å². The SMILES string of the molecule is CC(C)N1CCN(C(=O)CO)C[C@H]1C. The lowest BCUT2D eigenvalue weighted by Crippen LogP contribution is -2.56. The summed E-state index contributed by atoms with van der Waals surface area (Å²) in [7, 11) is 0. The van der Waals surface area contributed by atoms with Gasteiger partial charge in [0.05, 0.1) is 0 Å². The predicted octanol–water partition coefficient (Wildman–Crippen LogP) is -0.0802. The molecule has 1 atom stereocenters. The molecule has 82 valence electrons. The molecule has 0 bridgehead atoms. The molecular formula is C10H20N2O2. The van der Waals surface area contributed by atoms with E-state index in [0.29, 0.717) is 12.1 Å². The Hall–Kier alpha value is -0.610. The van der Waals surface area contributed by atoms with Crippen LogP contribution in [0.25, 0.3) is 0 Å². The van der Waals surface area contributed by atoms with Crippen LogP contribution in [-0.4, -0.2) is 59.1 Å². The monoisotopic (exact) mass is 200 g/mol. The van der Waals surface area contributed by atoms with Crippen molar-refractivity contribution in [3.05, 3.63) is 0 Å². The van der Waals surface area contributed by atoms with Gasteiger partial charge in [0, 0.05) is 31.7 Å². The molecular weight excluding hydrogens is 180 g/mol.